The summed E-state index contributed by atoms with van der Waals surface area (Å²) in [5.74, 6) is 3.84. The number of hydrogen-bond acceptors (Lipinski definition) is 2. The molecule has 0 fully saturated rings. The van der Waals surface area contributed by atoms with Gasteiger partial charge in [0, 0.05) is 16.8 Å². The lowest BCUT2D eigenvalue weighted by Crippen LogP contribution is -2.57. The average molecular weight is 488 g/mol. The van der Waals surface area contributed by atoms with Crippen molar-refractivity contribution >= 4 is 34.2 Å². The number of hydrogen-bond donors (Lipinski definition) is 0. The quantitative estimate of drug-likeness (QED) is 0.254. The van der Waals surface area contributed by atoms with Crippen LogP contribution in [0.3, 0.4) is 0 Å². The molecular formula is C35H25BO2. The number of rotatable bonds is 2. The molecule has 2 atom stereocenters. The van der Waals surface area contributed by atoms with Crippen LogP contribution in [-0.4, -0.2) is 6.71 Å². The summed E-state index contributed by atoms with van der Waals surface area (Å²) < 4.78 is 13.2. The van der Waals surface area contributed by atoms with E-state index in [1.165, 1.54) is 27.6 Å². The molecule has 2 aliphatic heterocycles. The van der Waals surface area contributed by atoms with Crippen molar-refractivity contribution < 1.29 is 9.47 Å². The smallest absolute Gasteiger partial charge is 0.260 e. The summed E-state index contributed by atoms with van der Waals surface area (Å²) in [5, 5.41) is 0. The third-order valence-corrected chi connectivity index (χ3v) is 8.38. The molecule has 2 unspecified atom stereocenters. The average Bonchev–Trinajstić information content (AvgIpc) is 2.96. The number of para-hydroxylation sites is 2. The second kappa shape index (κ2) is 8.00. The van der Waals surface area contributed by atoms with Crippen molar-refractivity contribution in [1.82, 2.24) is 0 Å². The standard InChI is InChI=1S/C35H25BO2/c1-35-18-10-9-13-25(35)21-26(27(22-35)23-11-3-2-4-12-23)24-19-32-34-33(20-24)38-31-17-8-6-15-29(31)36(34)28-14-5-7-16-30(28)37-32/h2-22,25H,1H3. The van der Waals surface area contributed by atoms with Crippen molar-refractivity contribution in [3.63, 3.8) is 0 Å². The molecule has 0 spiro atoms. The highest BCUT2D eigenvalue weighted by Crippen LogP contribution is 2.49. The Kier molecular flexibility index (Phi) is 4.54. The van der Waals surface area contributed by atoms with Crippen LogP contribution in [0.4, 0.5) is 0 Å². The van der Waals surface area contributed by atoms with Gasteiger partial charge < -0.3 is 9.47 Å². The Labute approximate surface area is 223 Å². The maximum Gasteiger partial charge on any atom is 0.260 e. The summed E-state index contributed by atoms with van der Waals surface area (Å²) in [5.41, 5.74) is 8.17. The Hall–Kier alpha value is -4.50. The third-order valence-electron chi connectivity index (χ3n) is 8.38. The number of allylic oxidation sites excluding steroid dienone is 8. The van der Waals surface area contributed by atoms with Gasteiger partial charge in [0.1, 0.15) is 23.0 Å². The van der Waals surface area contributed by atoms with E-state index in [1.54, 1.807) is 0 Å². The molecule has 0 radical (unpaired) electrons. The molecule has 38 heavy (non-hydrogen) atoms. The molecule has 8 rings (SSSR count). The first-order valence-corrected chi connectivity index (χ1v) is 13.3. The van der Waals surface area contributed by atoms with Crippen molar-refractivity contribution in [3.8, 4) is 23.0 Å². The van der Waals surface area contributed by atoms with Crippen LogP contribution in [0.5, 0.6) is 23.0 Å². The Bertz CT molecular complexity index is 1670. The van der Waals surface area contributed by atoms with Crippen LogP contribution in [0.2, 0.25) is 0 Å². The summed E-state index contributed by atoms with van der Waals surface area (Å²) in [6.45, 7) is 2.40. The molecule has 3 heteroatoms. The monoisotopic (exact) mass is 488 g/mol. The summed E-state index contributed by atoms with van der Waals surface area (Å²) in [4.78, 5) is 0. The molecule has 0 aromatic heterocycles. The van der Waals surface area contributed by atoms with Crippen LogP contribution in [-0.2, 0) is 0 Å². The minimum Gasteiger partial charge on any atom is -0.458 e. The fraction of sp³-hybridized carbons (Fsp3) is 0.0857. The molecule has 2 aliphatic carbocycles. The van der Waals surface area contributed by atoms with Crippen molar-refractivity contribution in [2.24, 2.45) is 11.3 Å². The van der Waals surface area contributed by atoms with E-state index in [0.29, 0.717) is 0 Å². The van der Waals surface area contributed by atoms with Crippen molar-refractivity contribution in [1.29, 1.82) is 0 Å². The molecule has 0 saturated carbocycles. The van der Waals surface area contributed by atoms with E-state index in [9.17, 15) is 0 Å². The van der Waals surface area contributed by atoms with Gasteiger partial charge in [0.15, 0.2) is 0 Å². The lowest BCUT2D eigenvalue weighted by molar-refractivity contribution is 0.455. The van der Waals surface area contributed by atoms with Crippen molar-refractivity contribution in [3.05, 3.63) is 139 Å². The summed E-state index contributed by atoms with van der Waals surface area (Å²) in [6, 6.07) is 31.9. The van der Waals surface area contributed by atoms with E-state index in [-0.39, 0.29) is 18.0 Å². The molecular weight excluding hydrogens is 463 g/mol. The second-order valence-electron chi connectivity index (χ2n) is 10.7. The van der Waals surface area contributed by atoms with Gasteiger partial charge in [0.25, 0.3) is 6.71 Å². The van der Waals surface area contributed by atoms with E-state index in [2.05, 4.69) is 122 Å². The van der Waals surface area contributed by atoms with Gasteiger partial charge in [0.2, 0.25) is 0 Å². The molecule has 4 aromatic rings. The Balaban J connectivity index is 1.35. The fourth-order valence-corrected chi connectivity index (χ4v) is 6.46. The minimum atomic E-state index is -0.0676. The fourth-order valence-electron chi connectivity index (χ4n) is 6.46. The van der Waals surface area contributed by atoms with Crippen LogP contribution >= 0.6 is 0 Å². The Morgan fingerprint density at radius 1 is 0.658 bits per heavy atom. The van der Waals surface area contributed by atoms with Crippen molar-refractivity contribution in [2.75, 3.05) is 0 Å². The van der Waals surface area contributed by atoms with Gasteiger partial charge in [-0.25, -0.2) is 0 Å². The molecule has 0 saturated heterocycles. The Morgan fingerprint density at radius 2 is 1.29 bits per heavy atom. The van der Waals surface area contributed by atoms with Crippen LogP contribution < -0.4 is 25.9 Å². The number of fused-ring (bicyclic) bond motifs is 5. The molecule has 0 bridgehead atoms. The van der Waals surface area contributed by atoms with E-state index in [0.717, 1.165) is 34.0 Å². The van der Waals surface area contributed by atoms with Crippen LogP contribution in [0, 0.1) is 11.3 Å². The first-order valence-electron chi connectivity index (χ1n) is 13.3. The van der Waals surface area contributed by atoms with E-state index < -0.39 is 0 Å². The zero-order valence-corrected chi connectivity index (χ0v) is 21.1. The number of benzene rings is 4. The van der Waals surface area contributed by atoms with Gasteiger partial charge >= 0.3 is 0 Å². The predicted molar refractivity (Wildman–Crippen MR) is 156 cm³/mol. The highest BCUT2D eigenvalue weighted by Gasteiger charge is 2.41. The molecule has 0 N–H and O–H groups in total. The van der Waals surface area contributed by atoms with Gasteiger partial charge in [-0.2, -0.15) is 0 Å². The zero-order valence-electron chi connectivity index (χ0n) is 21.1. The highest BCUT2D eigenvalue weighted by atomic mass is 16.5. The minimum absolute atomic E-state index is 0.0676. The van der Waals surface area contributed by atoms with Crippen LogP contribution in [0.25, 0.3) is 11.1 Å². The van der Waals surface area contributed by atoms with Gasteiger partial charge in [-0.3, -0.25) is 0 Å². The van der Waals surface area contributed by atoms with Gasteiger partial charge in [-0.1, -0.05) is 110 Å². The lowest BCUT2D eigenvalue weighted by atomic mass is 9.35. The van der Waals surface area contributed by atoms with Crippen LogP contribution in [0.1, 0.15) is 18.1 Å². The normalized spacial score (nSPS) is 21.6. The maximum absolute atomic E-state index is 6.59. The molecule has 4 aromatic carbocycles. The van der Waals surface area contributed by atoms with E-state index in [4.69, 9.17) is 9.47 Å². The van der Waals surface area contributed by atoms with Crippen molar-refractivity contribution in [2.45, 2.75) is 6.92 Å². The summed E-state index contributed by atoms with van der Waals surface area (Å²) >= 11 is 0. The first kappa shape index (κ1) is 21.6. The van der Waals surface area contributed by atoms with Gasteiger partial charge in [-0.15, -0.1) is 0 Å². The highest BCUT2D eigenvalue weighted by molar-refractivity contribution is 6.98. The summed E-state index contributed by atoms with van der Waals surface area (Å²) in [7, 11) is 0. The van der Waals surface area contributed by atoms with Gasteiger partial charge in [-0.05, 0) is 57.5 Å². The van der Waals surface area contributed by atoms with E-state index >= 15 is 0 Å². The summed E-state index contributed by atoms with van der Waals surface area (Å²) in [6.07, 6.45) is 13.8. The second-order valence-corrected chi connectivity index (χ2v) is 10.7. The largest absolute Gasteiger partial charge is 0.458 e. The molecule has 2 nitrogen and oxygen atoms in total. The van der Waals surface area contributed by atoms with Gasteiger partial charge in [0.05, 0.1) is 0 Å². The maximum atomic E-state index is 6.59. The lowest BCUT2D eigenvalue weighted by Gasteiger charge is -2.37. The van der Waals surface area contributed by atoms with Crippen LogP contribution in [0.15, 0.2) is 127 Å². The third kappa shape index (κ3) is 3.15. The molecule has 2 heterocycles. The topological polar surface area (TPSA) is 18.5 Å². The SMILES string of the molecule is CC12C=CC=CC1C=C(c1cc3c4c(c1)Oc1ccccc1B4c1ccccc1O3)C(c1ccccc1)=C2. The Morgan fingerprint density at radius 3 is 1.97 bits per heavy atom. The number of ether oxygens (including phenoxy) is 2. The molecule has 180 valence electrons. The zero-order chi connectivity index (χ0) is 25.3. The van der Waals surface area contributed by atoms with E-state index in [1.807, 2.05) is 12.1 Å². The predicted octanol–water partition coefficient (Wildman–Crippen LogP) is 6.64. The molecule has 0 amide bonds. The molecule has 4 aliphatic rings. The first-order chi connectivity index (χ1) is 18.7.